The van der Waals surface area contributed by atoms with Crippen LogP contribution < -0.4 is 11.1 Å². The van der Waals surface area contributed by atoms with E-state index in [9.17, 15) is 9.59 Å². The molecule has 54 valence electrons. The molecule has 0 aromatic carbocycles. The lowest BCUT2D eigenvalue weighted by atomic mass is 10.3. The van der Waals surface area contributed by atoms with Crippen molar-refractivity contribution in [3.8, 4) is 0 Å². The molecule has 1 aliphatic heterocycles. The van der Waals surface area contributed by atoms with Crippen LogP contribution in [0.1, 0.15) is 0 Å². The predicted molar refractivity (Wildman–Crippen MR) is 34.4 cm³/mol. The number of carbonyl (C=O) groups is 2. The highest BCUT2D eigenvalue weighted by Crippen LogP contribution is 2.01. The maximum absolute atomic E-state index is 10.6. The maximum atomic E-state index is 10.6. The Morgan fingerprint density at radius 2 is 2.20 bits per heavy atom. The molecule has 0 fully saturated rings. The average molecular weight is 162 g/mol. The first kappa shape index (κ1) is 7.01. The molecule has 0 aliphatic carbocycles. The zero-order chi connectivity index (χ0) is 7.72. The number of alkyl halides is 1. The van der Waals surface area contributed by atoms with Crippen LogP contribution in [0.2, 0.25) is 0 Å². The summed E-state index contributed by atoms with van der Waals surface area (Å²) in [6.07, 6.45) is 0. The van der Waals surface area contributed by atoms with Gasteiger partial charge in [0.1, 0.15) is 0 Å². The minimum Gasteiger partial charge on any atom is -0.369 e. The molecule has 2 amide bonds. The lowest BCUT2D eigenvalue weighted by Gasteiger charge is -2.11. The minimum atomic E-state index is -1.23. The summed E-state index contributed by atoms with van der Waals surface area (Å²) < 4.78 is 0. The van der Waals surface area contributed by atoms with E-state index in [0.29, 0.717) is 0 Å². The molecule has 0 spiro atoms. The number of nitrogens with two attached hydrogens (primary N) is 1. The monoisotopic (exact) mass is 161 g/mol. The SMILES string of the molecule is NC1=NC(=O)C(Cl)C(=O)N1. The third-order valence-electron chi connectivity index (χ3n) is 0.929. The number of amides is 2. The minimum absolute atomic E-state index is 0.202. The Kier molecular flexibility index (Phi) is 1.58. The number of aliphatic imine (C=N–C) groups is 1. The fraction of sp³-hybridized carbons (Fsp3) is 0.250. The number of hydrogen-bond donors (Lipinski definition) is 2. The van der Waals surface area contributed by atoms with Crippen molar-refractivity contribution in [2.45, 2.75) is 5.38 Å². The molecule has 0 radical (unpaired) electrons. The van der Waals surface area contributed by atoms with Crippen LogP contribution >= 0.6 is 11.6 Å². The summed E-state index contributed by atoms with van der Waals surface area (Å²) in [5.74, 6) is -1.55. The zero-order valence-electron chi connectivity index (χ0n) is 4.80. The van der Waals surface area contributed by atoms with E-state index in [1.54, 1.807) is 0 Å². The highest BCUT2D eigenvalue weighted by Gasteiger charge is 2.28. The van der Waals surface area contributed by atoms with Crippen molar-refractivity contribution in [1.29, 1.82) is 0 Å². The predicted octanol–water partition coefficient (Wildman–Crippen LogP) is -1.44. The molecule has 0 aromatic rings. The first-order valence-corrected chi connectivity index (χ1v) is 2.88. The molecule has 6 heteroatoms. The topological polar surface area (TPSA) is 84.5 Å². The van der Waals surface area contributed by atoms with E-state index in [4.69, 9.17) is 17.3 Å². The van der Waals surface area contributed by atoms with Crippen LogP contribution in [0.4, 0.5) is 0 Å². The number of rotatable bonds is 0. The molecular formula is C4H4ClN3O2. The highest BCUT2D eigenvalue weighted by atomic mass is 35.5. The quantitative estimate of drug-likeness (QED) is 0.337. The van der Waals surface area contributed by atoms with Crippen LogP contribution in [-0.2, 0) is 9.59 Å². The van der Waals surface area contributed by atoms with E-state index in [-0.39, 0.29) is 5.96 Å². The first-order valence-electron chi connectivity index (χ1n) is 2.44. The second kappa shape index (κ2) is 2.26. The highest BCUT2D eigenvalue weighted by molar-refractivity contribution is 6.44. The lowest BCUT2D eigenvalue weighted by Crippen LogP contribution is -2.48. The van der Waals surface area contributed by atoms with Gasteiger partial charge in [-0.25, -0.2) is 0 Å². The van der Waals surface area contributed by atoms with Crippen molar-refractivity contribution in [2.24, 2.45) is 10.7 Å². The largest absolute Gasteiger partial charge is 0.369 e. The number of halogens is 1. The number of guanidine groups is 1. The zero-order valence-corrected chi connectivity index (χ0v) is 5.55. The van der Waals surface area contributed by atoms with Crippen molar-refractivity contribution in [2.75, 3.05) is 0 Å². The summed E-state index contributed by atoms with van der Waals surface area (Å²) in [5, 5.41) is 0.866. The van der Waals surface area contributed by atoms with Gasteiger partial charge in [-0.1, -0.05) is 0 Å². The van der Waals surface area contributed by atoms with E-state index >= 15 is 0 Å². The van der Waals surface area contributed by atoms with Gasteiger partial charge in [-0.15, -0.1) is 11.6 Å². The van der Waals surface area contributed by atoms with Crippen molar-refractivity contribution in [3.05, 3.63) is 0 Å². The van der Waals surface area contributed by atoms with E-state index in [2.05, 4.69) is 10.3 Å². The van der Waals surface area contributed by atoms with E-state index in [1.165, 1.54) is 0 Å². The van der Waals surface area contributed by atoms with Gasteiger partial charge < -0.3 is 5.73 Å². The molecule has 0 saturated carbocycles. The standard InChI is InChI=1S/C4H4ClN3O2/c5-1-2(9)7-4(6)8-3(1)10/h1H,(H3,6,7,8,9,10). The Balaban J connectivity index is 2.89. The molecule has 5 nitrogen and oxygen atoms in total. The van der Waals surface area contributed by atoms with Crippen LogP contribution in [0.3, 0.4) is 0 Å². The van der Waals surface area contributed by atoms with E-state index < -0.39 is 17.2 Å². The molecule has 0 bridgehead atoms. The molecule has 1 rings (SSSR count). The third kappa shape index (κ3) is 1.08. The molecule has 1 aliphatic rings. The van der Waals surface area contributed by atoms with Crippen LogP contribution in [0.15, 0.2) is 4.99 Å². The van der Waals surface area contributed by atoms with Crippen molar-refractivity contribution >= 4 is 29.4 Å². The normalized spacial score (nSPS) is 25.7. The van der Waals surface area contributed by atoms with Crippen LogP contribution in [0, 0.1) is 0 Å². The Morgan fingerprint density at radius 1 is 1.60 bits per heavy atom. The summed E-state index contributed by atoms with van der Waals surface area (Å²) in [6.45, 7) is 0. The van der Waals surface area contributed by atoms with Gasteiger partial charge in [0.2, 0.25) is 5.96 Å². The number of nitrogens with one attached hydrogen (secondary N) is 1. The van der Waals surface area contributed by atoms with Gasteiger partial charge in [-0.2, -0.15) is 4.99 Å². The second-order valence-electron chi connectivity index (χ2n) is 1.69. The van der Waals surface area contributed by atoms with Crippen LogP contribution in [0.25, 0.3) is 0 Å². The van der Waals surface area contributed by atoms with Crippen LogP contribution in [0.5, 0.6) is 0 Å². The number of hydrogen-bond acceptors (Lipinski definition) is 3. The Labute approximate surface area is 61.2 Å². The molecule has 1 atom stereocenters. The Bertz CT molecular complexity index is 225. The number of carbonyl (C=O) groups excluding carboxylic acids is 2. The van der Waals surface area contributed by atoms with Gasteiger partial charge in [0.25, 0.3) is 11.8 Å². The van der Waals surface area contributed by atoms with Gasteiger partial charge in [-0.05, 0) is 0 Å². The van der Waals surface area contributed by atoms with Crippen molar-refractivity contribution in [1.82, 2.24) is 5.32 Å². The second-order valence-corrected chi connectivity index (χ2v) is 2.12. The molecule has 1 unspecified atom stereocenters. The first-order chi connectivity index (χ1) is 4.61. The van der Waals surface area contributed by atoms with Crippen LogP contribution in [-0.4, -0.2) is 23.2 Å². The molecule has 3 N–H and O–H groups in total. The van der Waals surface area contributed by atoms with Gasteiger partial charge in [0, 0.05) is 0 Å². The smallest absolute Gasteiger partial charge is 0.276 e. The van der Waals surface area contributed by atoms with E-state index in [0.717, 1.165) is 0 Å². The van der Waals surface area contributed by atoms with Crippen molar-refractivity contribution in [3.63, 3.8) is 0 Å². The summed E-state index contributed by atoms with van der Waals surface area (Å²) in [5.41, 5.74) is 5.02. The molecule has 0 aromatic heterocycles. The summed E-state index contributed by atoms with van der Waals surface area (Å²) in [7, 11) is 0. The fourth-order valence-electron chi connectivity index (χ4n) is 0.505. The van der Waals surface area contributed by atoms with Crippen molar-refractivity contribution < 1.29 is 9.59 Å². The summed E-state index contributed by atoms with van der Waals surface area (Å²) in [6, 6.07) is 0. The molecule has 0 saturated heterocycles. The summed E-state index contributed by atoms with van der Waals surface area (Å²) >= 11 is 5.26. The average Bonchev–Trinajstić information content (AvgIpc) is 1.82. The summed E-state index contributed by atoms with van der Waals surface area (Å²) in [4.78, 5) is 24.4. The number of nitrogens with zero attached hydrogens (tertiary/aromatic N) is 1. The Hall–Kier alpha value is -1.10. The lowest BCUT2D eigenvalue weighted by molar-refractivity contribution is -0.127. The molecule has 1 heterocycles. The van der Waals surface area contributed by atoms with Gasteiger partial charge in [-0.3, -0.25) is 14.9 Å². The maximum Gasteiger partial charge on any atom is 0.276 e. The molecule has 10 heavy (non-hydrogen) atoms. The Morgan fingerprint density at radius 3 is 2.70 bits per heavy atom. The van der Waals surface area contributed by atoms with E-state index in [1.807, 2.05) is 0 Å². The molecular weight excluding hydrogens is 158 g/mol. The van der Waals surface area contributed by atoms with Gasteiger partial charge in [0.05, 0.1) is 0 Å². The van der Waals surface area contributed by atoms with Gasteiger partial charge in [0.15, 0.2) is 5.38 Å². The van der Waals surface area contributed by atoms with Gasteiger partial charge >= 0.3 is 0 Å². The fourth-order valence-corrected chi connectivity index (χ4v) is 0.608. The third-order valence-corrected chi connectivity index (χ3v) is 1.31.